The maximum atomic E-state index is 13.2. The molecule has 16 heavy (non-hydrogen) atoms. The van der Waals surface area contributed by atoms with Crippen LogP contribution in [0, 0.1) is 17.6 Å². The summed E-state index contributed by atoms with van der Waals surface area (Å²) in [5, 5.41) is 3.75. The van der Waals surface area contributed by atoms with Crippen LogP contribution in [0.2, 0.25) is 0 Å². The van der Waals surface area contributed by atoms with Gasteiger partial charge < -0.3 is 4.84 Å². The van der Waals surface area contributed by atoms with Crippen LogP contribution in [0.3, 0.4) is 0 Å². The molecule has 4 heteroatoms. The third-order valence-corrected chi connectivity index (χ3v) is 2.75. The van der Waals surface area contributed by atoms with E-state index in [1.54, 1.807) is 6.21 Å². The summed E-state index contributed by atoms with van der Waals surface area (Å²) >= 11 is 0. The zero-order valence-corrected chi connectivity index (χ0v) is 8.83. The molecule has 0 unspecified atom stereocenters. The van der Waals surface area contributed by atoms with Crippen LogP contribution >= 0.6 is 0 Å². The minimum absolute atomic E-state index is 0.0349. The monoisotopic (exact) mass is 225 g/mol. The minimum atomic E-state index is -0.860. The van der Waals surface area contributed by atoms with Crippen LogP contribution < -0.4 is 0 Å². The summed E-state index contributed by atoms with van der Waals surface area (Å²) in [6.45, 7) is -0.0349. The summed E-state index contributed by atoms with van der Waals surface area (Å²) in [5.74, 6) is -1.22. The Balaban J connectivity index is 1.84. The molecule has 0 amide bonds. The summed E-state index contributed by atoms with van der Waals surface area (Å²) in [6.07, 6.45) is 5.25. The van der Waals surface area contributed by atoms with Crippen molar-refractivity contribution in [3.05, 3.63) is 35.4 Å². The number of hydrogen-bond donors (Lipinski definition) is 0. The van der Waals surface area contributed by atoms with Gasteiger partial charge in [-0.15, -0.1) is 0 Å². The molecule has 1 fully saturated rings. The maximum Gasteiger partial charge on any atom is 0.165 e. The first-order valence-corrected chi connectivity index (χ1v) is 5.35. The number of rotatable bonds is 4. The molecule has 0 aliphatic heterocycles. The van der Waals surface area contributed by atoms with Crippen LogP contribution in [-0.4, -0.2) is 6.21 Å². The fourth-order valence-electron chi connectivity index (χ4n) is 1.48. The lowest BCUT2D eigenvalue weighted by Gasteiger charge is -2.19. The van der Waals surface area contributed by atoms with E-state index in [4.69, 9.17) is 4.84 Å². The second kappa shape index (κ2) is 5.05. The van der Waals surface area contributed by atoms with Gasteiger partial charge in [0, 0.05) is 11.8 Å². The highest BCUT2D eigenvalue weighted by atomic mass is 19.2. The Morgan fingerprint density at radius 2 is 2.19 bits per heavy atom. The fourth-order valence-corrected chi connectivity index (χ4v) is 1.48. The van der Waals surface area contributed by atoms with Gasteiger partial charge in [-0.25, -0.2) is 8.78 Å². The third kappa shape index (κ3) is 2.56. The summed E-state index contributed by atoms with van der Waals surface area (Å²) < 4.78 is 26.0. The van der Waals surface area contributed by atoms with Crippen LogP contribution in [0.4, 0.5) is 8.78 Å². The molecule has 0 heterocycles. The normalized spacial score (nSPS) is 16.4. The van der Waals surface area contributed by atoms with Gasteiger partial charge in [0.1, 0.15) is 6.61 Å². The van der Waals surface area contributed by atoms with E-state index in [0.29, 0.717) is 5.92 Å². The molecular formula is C12H13F2NO. The van der Waals surface area contributed by atoms with E-state index in [2.05, 4.69) is 5.16 Å². The first-order valence-electron chi connectivity index (χ1n) is 5.35. The zero-order chi connectivity index (χ0) is 11.4. The SMILES string of the molecule is Fc1cccc(CON=CC2CCC2)c1F. The number of benzene rings is 1. The summed E-state index contributed by atoms with van der Waals surface area (Å²) in [6, 6.07) is 4.01. The van der Waals surface area contributed by atoms with E-state index in [9.17, 15) is 8.78 Å². The predicted octanol–water partition coefficient (Wildman–Crippen LogP) is 3.27. The lowest BCUT2D eigenvalue weighted by molar-refractivity contribution is 0.126. The van der Waals surface area contributed by atoms with E-state index < -0.39 is 11.6 Å². The number of halogens is 2. The molecule has 0 bridgehead atoms. The van der Waals surface area contributed by atoms with Crippen LogP contribution in [0.25, 0.3) is 0 Å². The molecule has 1 aromatic carbocycles. The molecule has 1 saturated carbocycles. The second-order valence-electron chi connectivity index (χ2n) is 3.93. The number of hydrogen-bond acceptors (Lipinski definition) is 2. The van der Waals surface area contributed by atoms with Crippen molar-refractivity contribution in [3.63, 3.8) is 0 Å². The predicted molar refractivity (Wildman–Crippen MR) is 57.0 cm³/mol. The molecule has 2 rings (SSSR count). The van der Waals surface area contributed by atoms with E-state index in [-0.39, 0.29) is 12.2 Å². The molecule has 0 atom stereocenters. The molecule has 0 radical (unpaired) electrons. The molecule has 1 aliphatic carbocycles. The van der Waals surface area contributed by atoms with Crippen LogP contribution in [0.15, 0.2) is 23.4 Å². The Morgan fingerprint density at radius 3 is 2.88 bits per heavy atom. The van der Waals surface area contributed by atoms with E-state index in [1.807, 2.05) is 0 Å². The summed E-state index contributed by atoms with van der Waals surface area (Å²) in [7, 11) is 0. The highest BCUT2D eigenvalue weighted by Gasteiger charge is 2.14. The molecule has 1 aliphatic rings. The minimum Gasteiger partial charge on any atom is -0.391 e. The van der Waals surface area contributed by atoms with E-state index in [1.165, 1.54) is 18.6 Å². The molecule has 1 aromatic rings. The fraction of sp³-hybridized carbons (Fsp3) is 0.417. The largest absolute Gasteiger partial charge is 0.391 e. The Kier molecular flexibility index (Phi) is 3.49. The van der Waals surface area contributed by atoms with Gasteiger partial charge in [0.25, 0.3) is 0 Å². The molecule has 0 aromatic heterocycles. The molecule has 0 N–H and O–H groups in total. The first-order chi connectivity index (χ1) is 7.77. The van der Waals surface area contributed by atoms with Crippen molar-refractivity contribution in [2.45, 2.75) is 25.9 Å². The van der Waals surface area contributed by atoms with Gasteiger partial charge in [-0.05, 0) is 24.8 Å². The Morgan fingerprint density at radius 1 is 1.38 bits per heavy atom. The smallest absolute Gasteiger partial charge is 0.165 e. The van der Waals surface area contributed by atoms with Gasteiger partial charge in [0.2, 0.25) is 0 Å². The number of nitrogens with zero attached hydrogens (tertiary/aromatic N) is 1. The average Bonchev–Trinajstić information content (AvgIpc) is 2.21. The van der Waals surface area contributed by atoms with Gasteiger partial charge >= 0.3 is 0 Å². The highest BCUT2D eigenvalue weighted by molar-refractivity contribution is 5.60. The van der Waals surface area contributed by atoms with Crippen molar-refractivity contribution in [2.24, 2.45) is 11.1 Å². The molecule has 0 saturated heterocycles. The van der Waals surface area contributed by atoms with E-state index in [0.717, 1.165) is 18.9 Å². The number of oxime groups is 1. The van der Waals surface area contributed by atoms with Crippen LogP contribution in [0.1, 0.15) is 24.8 Å². The average molecular weight is 225 g/mol. The highest BCUT2D eigenvalue weighted by Crippen LogP contribution is 2.24. The lowest BCUT2D eigenvalue weighted by Crippen LogP contribution is -2.12. The van der Waals surface area contributed by atoms with Crippen molar-refractivity contribution >= 4 is 6.21 Å². The Hall–Kier alpha value is -1.45. The van der Waals surface area contributed by atoms with Gasteiger partial charge in [0.15, 0.2) is 11.6 Å². The molecule has 86 valence electrons. The van der Waals surface area contributed by atoms with Gasteiger partial charge in [-0.3, -0.25) is 0 Å². The van der Waals surface area contributed by atoms with Crippen molar-refractivity contribution < 1.29 is 13.6 Å². The molecule has 2 nitrogen and oxygen atoms in total. The Labute approximate surface area is 92.9 Å². The molecule has 0 spiro atoms. The third-order valence-electron chi connectivity index (χ3n) is 2.75. The summed E-state index contributed by atoms with van der Waals surface area (Å²) in [5.41, 5.74) is 0.186. The molecular weight excluding hydrogens is 212 g/mol. The van der Waals surface area contributed by atoms with Crippen molar-refractivity contribution in [1.29, 1.82) is 0 Å². The van der Waals surface area contributed by atoms with Crippen molar-refractivity contribution in [1.82, 2.24) is 0 Å². The lowest BCUT2D eigenvalue weighted by atomic mass is 9.87. The quantitative estimate of drug-likeness (QED) is 0.569. The zero-order valence-electron chi connectivity index (χ0n) is 8.83. The Bertz CT molecular complexity index is 389. The maximum absolute atomic E-state index is 13.2. The van der Waals surface area contributed by atoms with Crippen LogP contribution in [-0.2, 0) is 11.4 Å². The standard InChI is InChI=1S/C12H13F2NO/c13-11-6-2-5-10(12(11)14)8-16-15-7-9-3-1-4-9/h2,5-7,9H,1,3-4,8H2. The van der Waals surface area contributed by atoms with Gasteiger partial charge in [-0.2, -0.15) is 0 Å². The van der Waals surface area contributed by atoms with Crippen molar-refractivity contribution in [3.8, 4) is 0 Å². The van der Waals surface area contributed by atoms with Crippen LogP contribution in [0.5, 0.6) is 0 Å². The second-order valence-corrected chi connectivity index (χ2v) is 3.93. The van der Waals surface area contributed by atoms with Gasteiger partial charge in [-0.1, -0.05) is 23.7 Å². The van der Waals surface area contributed by atoms with Gasteiger partial charge in [0.05, 0.1) is 0 Å². The summed E-state index contributed by atoms with van der Waals surface area (Å²) in [4.78, 5) is 4.92. The first kappa shape index (κ1) is 11.0. The topological polar surface area (TPSA) is 21.6 Å². The van der Waals surface area contributed by atoms with Crippen molar-refractivity contribution in [2.75, 3.05) is 0 Å². The van der Waals surface area contributed by atoms with E-state index >= 15 is 0 Å².